The smallest absolute Gasteiger partial charge is 0.319 e. The van der Waals surface area contributed by atoms with Crippen LogP contribution >= 0.6 is 11.3 Å². The molecule has 0 unspecified atom stereocenters. The molecule has 2 aromatic carbocycles. The Hall–Kier alpha value is -4.25. The van der Waals surface area contributed by atoms with E-state index in [0.717, 1.165) is 12.8 Å². The molecule has 2 heterocycles. The molecule has 4 aromatic rings. The Morgan fingerprint density at radius 3 is 2.74 bits per heavy atom. The van der Waals surface area contributed by atoms with Gasteiger partial charge in [-0.05, 0) is 48.7 Å². The van der Waals surface area contributed by atoms with Crippen LogP contribution in [0.2, 0.25) is 0 Å². The monoisotopic (exact) mass is 493 g/mol. The van der Waals surface area contributed by atoms with Gasteiger partial charge >= 0.3 is 6.03 Å². The number of phenolic OH excluding ortho intramolecular Hbond substituents is 1. The van der Waals surface area contributed by atoms with Gasteiger partial charge in [-0.1, -0.05) is 23.5 Å². The highest BCUT2D eigenvalue weighted by molar-refractivity contribution is 7.21. The number of hydrogen-bond donors (Lipinski definition) is 4. The number of carbonyl (C=O) groups excluding carboxylic acids is 2. The van der Waals surface area contributed by atoms with Crippen LogP contribution in [-0.2, 0) is 11.3 Å². The zero-order valence-electron chi connectivity index (χ0n) is 18.2. The summed E-state index contributed by atoms with van der Waals surface area (Å²) in [5, 5.41) is 17.8. The largest absolute Gasteiger partial charge is 0.508 e. The first-order chi connectivity index (χ1) is 16.9. The van der Waals surface area contributed by atoms with Crippen LogP contribution in [0.4, 0.5) is 20.0 Å². The van der Waals surface area contributed by atoms with Crippen LogP contribution in [0.3, 0.4) is 0 Å². The second-order valence-electron chi connectivity index (χ2n) is 7.98. The average molecular weight is 494 g/mol. The van der Waals surface area contributed by atoms with Crippen molar-refractivity contribution in [1.82, 2.24) is 15.3 Å². The Balaban J connectivity index is 1.24. The lowest BCUT2D eigenvalue weighted by Gasteiger charge is -2.11. The molecule has 0 atom stereocenters. The number of halogens is 1. The van der Waals surface area contributed by atoms with Crippen LogP contribution in [-0.4, -0.2) is 27.0 Å². The zero-order chi connectivity index (χ0) is 24.4. The van der Waals surface area contributed by atoms with E-state index in [1.54, 1.807) is 24.3 Å². The summed E-state index contributed by atoms with van der Waals surface area (Å²) in [6, 6.07) is 13.1. The third kappa shape index (κ3) is 5.64. The minimum Gasteiger partial charge on any atom is -0.508 e. The lowest BCUT2D eigenvalue weighted by atomic mass is 10.2. The number of pyridine rings is 1. The fourth-order valence-electron chi connectivity index (χ4n) is 3.26. The number of carbonyl (C=O) groups is 2. The van der Waals surface area contributed by atoms with Crippen molar-refractivity contribution in [1.29, 1.82) is 0 Å². The molecule has 2 aromatic heterocycles. The number of benzene rings is 2. The van der Waals surface area contributed by atoms with E-state index in [1.807, 2.05) is 0 Å². The maximum Gasteiger partial charge on any atom is 0.319 e. The lowest BCUT2D eigenvalue weighted by Crippen LogP contribution is -2.28. The maximum absolute atomic E-state index is 14.3. The van der Waals surface area contributed by atoms with Gasteiger partial charge in [0, 0.05) is 24.6 Å². The molecule has 11 heteroatoms. The van der Waals surface area contributed by atoms with E-state index < -0.39 is 11.8 Å². The Kier molecular flexibility index (Phi) is 6.15. The van der Waals surface area contributed by atoms with Crippen molar-refractivity contribution in [2.24, 2.45) is 5.92 Å². The number of aromatic hydroxyl groups is 1. The van der Waals surface area contributed by atoms with Crippen molar-refractivity contribution in [3.05, 3.63) is 66.0 Å². The predicted octanol–water partition coefficient (Wildman–Crippen LogP) is 5.00. The van der Waals surface area contributed by atoms with Crippen LogP contribution in [0.1, 0.15) is 18.4 Å². The Labute approximate surface area is 203 Å². The van der Waals surface area contributed by atoms with Gasteiger partial charge in [0.15, 0.2) is 5.13 Å². The first-order valence-electron chi connectivity index (χ1n) is 10.8. The number of phenols is 1. The number of aromatic nitrogens is 2. The number of nitrogens with one attached hydrogen (secondary N) is 3. The highest BCUT2D eigenvalue weighted by Gasteiger charge is 2.30. The van der Waals surface area contributed by atoms with Crippen molar-refractivity contribution in [2.45, 2.75) is 19.4 Å². The Bertz CT molecular complexity index is 1420. The number of rotatable bonds is 7. The van der Waals surface area contributed by atoms with E-state index in [-0.39, 0.29) is 41.4 Å². The predicted molar refractivity (Wildman–Crippen MR) is 129 cm³/mol. The summed E-state index contributed by atoms with van der Waals surface area (Å²) in [5.74, 6) is 0.0268. The highest BCUT2D eigenvalue weighted by atomic mass is 32.1. The summed E-state index contributed by atoms with van der Waals surface area (Å²) in [7, 11) is 0. The number of hydrogen-bond acceptors (Lipinski definition) is 7. The van der Waals surface area contributed by atoms with Crippen molar-refractivity contribution in [2.75, 3.05) is 10.6 Å². The standard InChI is InChI=1S/C24H20FN5O4S/c25-17-7-6-16(11-19(17)27-23(33)26-12-13-2-1-3-15(31)10-13)34-20-9-8-18-22(29-20)35-24(28-18)30-21(32)14-4-5-14/h1-3,6-11,14,31H,4-5,12H2,(H2,26,27,33)(H,28,30,32). The topological polar surface area (TPSA) is 125 Å². The summed E-state index contributed by atoms with van der Waals surface area (Å²) in [6.07, 6.45) is 1.81. The van der Waals surface area contributed by atoms with Crippen molar-refractivity contribution >= 4 is 44.4 Å². The number of nitrogens with zero attached hydrogens (tertiary/aromatic N) is 2. The molecule has 5 rings (SSSR count). The number of ether oxygens (including phenoxy) is 1. The highest BCUT2D eigenvalue weighted by Crippen LogP contribution is 2.33. The number of anilines is 2. The third-order valence-corrected chi connectivity index (χ3v) is 6.06. The summed E-state index contributed by atoms with van der Waals surface area (Å²) < 4.78 is 20.0. The van der Waals surface area contributed by atoms with Gasteiger partial charge < -0.3 is 25.8 Å². The van der Waals surface area contributed by atoms with Gasteiger partial charge in [0.2, 0.25) is 11.8 Å². The third-order valence-electron chi connectivity index (χ3n) is 5.18. The molecular weight excluding hydrogens is 473 g/mol. The van der Waals surface area contributed by atoms with E-state index in [0.29, 0.717) is 21.0 Å². The van der Waals surface area contributed by atoms with Gasteiger partial charge in [-0.3, -0.25) is 4.79 Å². The van der Waals surface area contributed by atoms with E-state index >= 15 is 0 Å². The molecule has 0 spiro atoms. The first-order valence-corrected chi connectivity index (χ1v) is 11.6. The molecule has 0 saturated heterocycles. The summed E-state index contributed by atoms with van der Waals surface area (Å²) in [4.78, 5) is 33.5. The van der Waals surface area contributed by atoms with Crippen LogP contribution in [0.15, 0.2) is 54.6 Å². The molecule has 0 aliphatic heterocycles. The average Bonchev–Trinajstić information content (AvgIpc) is 3.61. The van der Waals surface area contributed by atoms with Crippen molar-refractivity contribution in [3.63, 3.8) is 0 Å². The van der Waals surface area contributed by atoms with Crippen LogP contribution in [0, 0.1) is 11.7 Å². The molecule has 1 aliphatic rings. The van der Waals surface area contributed by atoms with Crippen LogP contribution in [0.5, 0.6) is 17.4 Å². The molecule has 178 valence electrons. The summed E-state index contributed by atoms with van der Waals surface area (Å²) in [5.41, 5.74) is 1.25. The van der Waals surface area contributed by atoms with E-state index in [2.05, 4.69) is 25.9 Å². The number of urea groups is 1. The Morgan fingerprint density at radius 2 is 1.94 bits per heavy atom. The molecule has 0 bridgehead atoms. The number of amides is 3. The first kappa shape index (κ1) is 22.5. The van der Waals surface area contributed by atoms with Gasteiger partial charge in [-0.15, -0.1) is 0 Å². The molecule has 1 aliphatic carbocycles. The van der Waals surface area contributed by atoms with Crippen molar-refractivity contribution < 1.29 is 23.8 Å². The molecular formula is C24H20FN5O4S. The quantitative estimate of drug-likeness (QED) is 0.287. The SMILES string of the molecule is O=C(NCc1cccc(O)c1)Nc1cc(Oc2ccc3nc(NC(=O)C4CC4)sc3n2)ccc1F. The summed E-state index contributed by atoms with van der Waals surface area (Å²) >= 11 is 1.24. The number of thiazole rings is 1. The lowest BCUT2D eigenvalue weighted by molar-refractivity contribution is -0.117. The molecule has 1 fully saturated rings. The molecule has 4 N–H and O–H groups in total. The van der Waals surface area contributed by atoms with E-state index in [9.17, 15) is 19.1 Å². The molecule has 1 saturated carbocycles. The maximum atomic E-state index is 14.3. The minimum atomic E-state index is -0.633. The van der Waals surface area contributed by atoms with Gasteiger partial charge in [0.05, 0.1) is 5.69 Å². The fraction of sp³-hybridized carbons (Fsp3) is 0.167. The van der Waals surface area contributed by atoms with Gasteiger partial charge in [0.25, 0.3) is 0 Å². The Morgan fingerprint density at radius 1 is 1.09 bits per heavy atom. The summed E-state index contributed by atoms with van der Waals surface area (Å²) in [6.45, 7) is 0.153. The van der Waals surface area contributed by atoms with Gasteiger partial charge in [-0.25, -0.2) is 19.2 Å². The van der Waals surface area contributed by atoms with Crippen LogP contribution in [0.25, 0.3) is 10.3 Å². The molecule has 35 heavy (non-hydrogen) atoms. The van der Waals surface area contributed by atoms with Gasteiger partial charge in [-0.2, -0.15) is 0 Å². The van der Waals surface area contributed by atoms with Crippen molar-refractivity contribution in [3.8, 4) is 17.4 Å². The van der Waals surface area contributed by atoms with Crippen LogP contribution < -0.4 is 20.7 Å². The normalized spacial score (nSPS) is 12.8. The minimum absolute atomic E-state index is 0.0298. The molecule has 0 radical (unpaired) electrons. The zero-order valence-corrected chi connectivity index (χ0v) is 19.1. The van der Waals surface area contributed by atoms with Gasteiger partial charge in [0.1, 0.15) is 27.7 Å². The van der Waals surface area contributed by atoms with E-state index in [1.165, 1.54) is 41.7 Å². The second kappa shape index (κ2) is 9.55. The number of fused-ring (bicyclic) bond motifs is 1. The van der Waals surface area contributed by atoms with E-state index in [4.69, 9.17) is 4.74 Å². The molecule has 3 amide bonds. The fourth-order valence-corrected chi connectivity index (χ4v) is 4.10. The molecule has 9 nitrogen and oxygen atoms in total. The second-order valence-corrected chi connectivity index (χ2v) is 8.96.